The Kier molecular flexibility index (Phi) is 2.40. The van der Waals surface area contributed by atoms with E-state index < -0.39 is 0 Å². The molecule has 4 heteroatoms. The summed E-state index contributed by atoms with van der Waals surface area (Å²) in [7, 11) is 0. The number of nitrogens with zero attached hydrogens (tertiary/aromatic N) is 2. The van der Waals surface area contributed by atoms with Gasteiger partial charge >= 0.3 is 0 Å². The maximum Gasteiger partial charge on any atom is 0.185 e. The third-order valence-corrected chi connectivity index (χ3v) is 2.19. The number of aromatic nitrogens is 2. The van der Waals surface area contributed by atoms with Gasteiger partial charge in [0.05, 0.1) is 5.69 Å². The van der Waals surface area contributed by atoms with E-state index in [0.29, 0.717) is 11.1 Å². The van der Waals surface area contributed by atoms with Crippen molar-refractivity contribution in [1.82, 2.24) is 10.1 Å². The Morgan fingerprint density at radius 3 is 2.92 bits per heavy atom. The Morgan fingerprint density at radius 2 is 2.31 bits per heavy atom. The maximum absolute atomic E-state index is 5.10. The molecule has 0 saturated carbocycles. The van der Waals surface area contributed by atoms with Crippen LogP contribution in [-0.4, -0.2) is 10.1 Å². The SMILES string of the molecule is BrCc1cc(-c2ccccn2)on1. The van der Waals surface area contributed by atoms with Gasteiger partial charge < -0.3 is 4.52 Å². The average Bonchev–Trinajstić information content (AvgIpc) is 2.67. The van der Waals surface area contributed by atoms with Crippen LogP contribution < -0.4 is 0 Å². The minimum atomic E-state index is 0.698. The predicted octanol–water partition coefficient (Wildman–Crippen LogP) is 2.63. The lowest BCUT2D eigenvalue weighted by Gasteiger charge is -1.90. The molecule has 2 heterocycles. The molecule has 0 amide bonds. The third kappa shape index (κ3) is 1.78. The molecule has 0 spiro atoms. The number of alkyl halides is 1. The molecule has 0 atom stereocenters. The molecule has 3 nitrogen and oxygen atoms in total. The highest BCUT2D eigenvalue weighted by Crippen LogP contribution is 2.18. The van der Waals surface area contributed by atoms with Crippen molar-refractivity contribution in [1.29, 1.82) is 0 Å². The lowest BCUT2D eigenvalue weighted by Crippen LogP contribution is -1.77. The highest BCUT2D eigenvalue weighted by atomic mass is 79.9. The standard InChI is InChI=1S/C9H7BrN2O/c10-6-7-5-9(13-12-7)8-3-1-2-4-11-8/h1-5H,6H2. The summed E-state index contributed by atoms with van der Waals surface area (Å²) in [6, 6.07) is 7.54. The van der Waals surface area contributed by atoms with E-state index in [4.69, 9.17) is 4.52 Å². The maximum atomic E-state index is 5.10. The molecule has 2 aromatic rings. The van der Waals surface area contributed by atoms with Crippen LogP contribution in [0.3, 0.4) is 0 Å². The van der Waals surface area contributed by atoms with E-state index >= 15 is 0 Å². The van der Waals surface area contributed by atoms with E-state index in [2.05, 4.69) is 26.1 Å². The van der Waals surface area contributed by atoms with Crippen LogP contribution in [0.2, 0.25) is 0 Å². The van der Waals surface area contributed by atoms with Gasteiger partial charge in [0.25, 0.3) is 0 Å². The average molecular weight is 239 g/mol. The topological polar surface area (TPSA) is 38.9 Å². The fourth-order valence-electron chi connectivity index (χ4n) is 1.00. The van der Waals surface area contributed by atoms with Gasteiger partial charge in [-0.3, -0.25) is 4.98 Å². The zero-order chi connectivity index (χ0) is 9.10. The highest BCUT2D eigenvalue weighted by molar-refractivity contribution is 9.08. The van der Waals surface area contributed by atoms with E-state index in [1.54, 1.807) is 6.20 Å². The summed E-state index contributed by atoms with van der Waals surface area (Å²) >= 11 is 3.30. The van der Waals surface area contributed by atoms with Crippen molar-refractivity contribution in [3.05, 3.63) is 36.2 Å². The van der Waals surface area contributed by atoms with E-state index in [1.165, 1.54) is 0 Å². The summed E-state index contributed by atoms with van der Waals surface area (Å²) in [5.41, 5.74) is 1.68. The molecule has 2 rings (SSSR count). The van der Waals surface area contributed by atoms with Gasteiger partial charge in [0.2, 0.25) is 0 Å². The van der Waals surface area contributed by atoms with Gasteiger partial charge in [-0.1, -0.05) is 27.2 Å². The smallest absolute Gasteiger partial charge is 0.185 e. The number of hydrogen-bond acceptors (Lipinski definition) is 3. The summed E-state index contributed by atoms with van der Waals surface area (Å²) in [6.45, 7) is 0. The molecule has 0 aliphatic carbocycles. The molecule has 13 heavy (non-hydrogen) atoms. The van der Waals surface area contributed by atoms with Gasteiger partial charge in [-0.2, -0.15) is 0 Å². The van der Waals surface area contributed by atoms with Gasteiger partial charge in [0.15, 0.2) is 5.76 Å². The van der Waals surface area contributed by atoms with Crippen molar-refractivity contribution in [3.63, 3.8) is 0 Å². The second kappa shape index (κ2) is 3.70. The molecule has 0 bridgehead atoms. The molecule has 0 saturated heterocycles. The molecular weight excluding hydrogens is 232 g/mol. The van der Waals surface area contributed by atoms with E-state index in [0.717, 1.165) is 11.4 Å². The van der Waals surface area contributed by atoms with Gasteiger partial charge in [-0.05, 0) is 12.1 Å². The zero-order valence-corrected chi connectivity index (χ0v) is 8.36. The fourth-order valence-corrected chi connectivity index (χ4v) is 1.27. The first kappa shape index (κ1) is 8.44. The zero-order valence-electron chi connectivity index (χ0n) is 6.77. The Bertz CT molecular complexity index is 386. The molecule has 0 N–H and O–H groups in total. The Balaban J connectivity index is 2.36. The van der Waals surface area contributed by atoms with Crippen LogP contribution in [-0.2, 0) is 5.33 Å². The number of rotatable bonds is 2. The van der Waals surface area contributed by atoms with Crippen LogP contribution in [0.1, 0.15) is 5.69 Å². The third-order valence-electron chi connectivity index (χ3n) is 1.61. The van der Waals surface area contributed by atoms with Crippen molar-refractivity contribution in [2.24, 2.45) is 0 Å². The van der Waals surface area contributed by atoms with Crippen molar-refractivity contribution < 1.29 is 4.52 Å². The van der Waals surface area contributed by atoms with Crippen LogP contribution in [0.4, 0.5) is 0 Å². The highest BCUT2D eigenvalue weighted by Gasteiger charge is 2.05. The molecule has 0 fully saturated rings. The van der Waals surface area contributed by atoms with Gasteiger partial charge in [0.1, 0.15) is 5.69 Å². The first-order valence-corrected chi connectivity index (χ1v) is 4.95. The second-order valence-electron chi connectivity index (χ2n) is 2.53. The first-order valence-electron chi connectivity index (χ1n) is 3.83. The molecule has 66 valence electrons. The van der Waals surface area contributed by atoms with Crippen molar-refractivity contribution in [3.8, 4) is 11.5 Å². The number of pyridine rings is 1. The van der Waals surface area contributed by atoms with Crippen molar-refractivity contribution in [2.75, 3.05) is 0 Å². The first-order chi connectivity index (χ1) is 6.40. The Morgan fingerprint density at radius 1 is 1.38 bits per heavy atom. The lowest BCUT2D eigenvalue weighted by atomic mass is 10.3. The summed E-state index contributed by atoms with van der Waals surface area (Å²) < 4.78 is 5.10. The van der Waals surface area contributed by atoms with Crippen LogP contribution in [0, 0.1) is 0 Å². The molecule has 0 aliphatic rings. The predicted molar refractivity (Wildman–Crippen MR) is 52.4 cm³/mol. The van der Waals surface area contributed by atoms with E-state index in [1.807, 2.05) is 24.3 Å². The van der Waals surface area contributed by atoms with Crippen LogP contribution in [0.25, 0.3) is 11.5 Å². The van der Waals surface area contributed by atoms with Gasteiger partial charge in [-0.25, -0.2) is 0 Å². The molecule has 0 radical (unpaired) electrons. The van der Waals surface area contributed by atoms with Crippen LogP contribution in [0.15, 0.2) is 35.0 Å². The number of halogens is 1. The van der Waals surface area contributed by atoms with Crippen LogP contribution in [0.5, 0.6) is 0 Å². The van der Waals surface area contributed by atoms with Gasteiger partial charge in [-0.15, -0.1) is 0 Å². The minimum absolute atomic E-state index is 0.698. The van der Waals surface area contributed by atoms with Crippen molar-refractivity contribution in [2.45, 2.75) is 5.33 Å². The lowest BCUT2D eigenvalue weighted by molar-refractivity contribution is 0.425. The fraction of sp³-hybridized carbons (Fsp3) is 0.111. The summed E-state index contributed by atoms with van der Waals surface area (Å²) in [5, 5.41) is 4.55. The normalized spacial score (nSPS) is 10.2. The summed E-state index contributed by atoms with van der Waals surface area (Å²) in [6.07, 6.45) is 1.73. The summed E-state index contributed by atoms with van der Waals surface area (Å²) in [4.78, 5) is 4.15. The summed E-state index contributed by atoms with van der Waals surface area (Å²) in [5.74, 6) is 0.704. The Hall–Kier alpha value is -1.16. The van der Waals surface area contributed by atoms with E-state index in [9.17, 15) is 0 Å². The van der Waals surface area contributed by atoms with Crippen LogP contribution >= 0.6 is 15.9 Å². The number of hydrogen-bond donors (Lipinski definition) is 0. The monoisotopic (exact) mass is 238 g/mol. The molecule has 2 aromatic heterocycles. The molecule has 0 unspecified atom stereocenters. The Labute approximate surface area is 83.9 Å². The molecule has 0 aliphatic heterocycles. The second-order valence-corrected chi connectivity index (χ2v) is 3.09. The largest absolute Gasteiger partial charge is 0.354 e. The van der Waals surface area contributed by atoms with Crippen molar-refractivity contribution >= 4 is 15.9 Å². The van der Waals surface area contributed by atoms with Gasteiger partial charge in [0, 0.05) is 17.6 Å². The molecule has 0 aromatic carbocycles. The molecular formula is C9H7BrN2O. The minimum Gasteiger partial charge on any atom is -0.354 e. The quantitative estimate of drug-likeness (QED) is 0.756. The van der Waals surface area contributed by atoms with E-state index in [-0.39, 0.29) is 0 Å².